The fourth-order valence-electron chi connectivity index (χ4n) is 3.75. The average molecular weight is 368 g/mol. The molecule has 0 bridgehead atoms. The number of nitrogens with one attached hydrogen (secondary N) is 2. The lowest BCUT2D eigenvalue weighted by molar-refractivity contribution is 0.0468. The van der Waals surface area contributed by atoms with Crippen molar-refractivity contribution >= 4 is 5.96 Å². The minimum atomic E-state index is 0.469. The summed E-state index contributed by atoms with van der Waals surface area (Å²) < 4.78 is 6.06. The summed E-state index contributed by atoms with van der Waals surface area (Å²) in [5.74, 6) is 0.915. The van der Waals surface area contributed by atoms with Crippen molar-refractivity contribution in [3.8, 4) is 0 Å². The highest BCUT2D eigenvalue weighted by molar-refractivity contribution is 5.79. The van der Waals surface area contributed by atoms with Gasteiger partial charge in [0.1, 0.15) is 0 Å². The summed E-state index contributed by atoms with van der Waals surface area (Å²) in [6.45, 7) is 12.3. The summed E-state index contributed by atoms with van der Waals surface area (Å²) in [7, 11) is 2.20. The molecule has 2 N–H and O–H groups in total. The summed E-state index contributed by atoms with van der Waals surface area (Å²) in [6.07, 6.45) is 8.34. The molecule has 0 amide bonds. The van der Waals surface area contributed by atoms with Crippen molar-refractivity contribution < 1.29 is 4.74 Å². The maximum absolute atomic E-state index is 6.06. The summed E-state index contributed by atoms with van der Waals surface area (Å²) >= 11 is 0. The van der Waals surface area contributed by atoms with Gasteiger partial charge in [-0.2, -0.15) is 0 Å². The molecular weight excluding hydrogens is 326 g/mol. The van der Waals surface area contributed by atoms with Crippen LogP contribution in [0.5, 0.6) is 0 Å². The molecule has 152 valence electrons. The molecule has 1 saturated heterocycles. The van der Waals surface area contributed by atoms with E-state index in [2.05, 4.69) is 41.3 Å². The van der Waals surface area contributed by atoms with Crippen LogP contribution in [0.1, 0.15) is 52.4 Å². The summed E-state index contributed by atoms with van der Waals surface area (Å²) in [5.41, 5.74) is 0. The van der Waals surface area contributed by atoms with Crippen LogP contribution >= 0.6 is 0 Å². The minimum Gasteiger partial charge on any atom is -0.376 e. The Bertz CT molecular complexity index is 388. The molecule has 0 spiro atoms. The van der Waals surface area contributed by atoms with Crippen LogP contribution in [-0.4, -0.2) is 87.4 Å². The summed E-state index contributed by atoms with van der Waals surface area (Å²) in [6, 6.07) is 0.487. The molecule has 2 fully saturated rings. The van der Waals surface area contributed by atoms with Gasteiger partial charge in [0.25, 0.3) is 0 Å². The van der Waals surface area contributed by atoms with E-state index in [4.69, 9.17) is 9.73 Å². The van der Waals surface area contributed by atoms with Crippen molar-refractivity contribution in [1.29, 1.82) is 0 Å². The van der Waals surface area contributed by atoms with E-state index in [1.165, 1.54) is 38.5 Å². The standard InChI is InChI=1S/C20H41N5O/c1-4-21-20(22-11-16-26-19-9-7-5-6-8-10-19)23-17-18(2)25-14-12-24(3)13-15-25/h18-19H,4-17H2,1-3H3,(H2,21,22,23). The van der Waals surface area contributed by atoms with Gasteiger partial charge in [-0.3, -0.25) is 9.89 Å². The van der Waals surface area contributed by atoms with Gasteiger partial charge in [0.15, 0.2) is 5.96 Å². The van der Waals surface area contributed by atoms with Crippen molar-refractivity contribution in [2.75, 3.05) is 59.5 Å². The molecule has 6 heteroatoms. The molecule has 1 atom stereocenters. The third kappa shape index (κ3) is 8.23. The zero-order valence-corrected chi connectivity index (χ0v) is 17.3. The Hall–Kier alpha value is -0.850. The van der Waals surface area contributed by atoms with Crippen LogP contribution in [0.2, 0.25) is 0 Å². The van der Waals surface area contributed by atoms with Gasteiger partial charge in [0.05, 0.1) is 19.3 Å². The quantitative estimate of drug-likeness (QED) is 0.297. The summed E-state index contributed by atoms with van der Waals surface area (Å²) in [5, 5.41) is 6.78. The van der Waals surface area contributed by atoms with Crippen LogP contribution in [0.25, 0.3) is 0 Å². The molecule has 1 aliphatic heterocycles. The molecule has 26 heavy (non-hydrogen) atoms. The smallest absolute Gasteiger partial charge is 0.191 e. The third-order valence-electron chi connectivity index (χ3n) is 5.57. The number of hydrogen-bond donors (Lipinski definition) is 2. The fourth-order valence-corrected chi connectivity index (χ4v) is 3.75. The lowest BCUT2D eigenvalue weighted by Gasteiger charge is -2.35. The highest BCUT2D eigenvalue weighted by Gasteiger charge is 2.18. The molecule has 1 saturated carbocycles. The van der Waals surface area contributed by atoms with Crippen LogP contribution in [0, 0.1) is 0 Å². The molecule has 1 heterocycles. The van der Waals surface area contributed by atoms with Crippen LogP contribution < -0.4 is 10.6 Å². The van der Waals surface area contributed by atoms with Crippen molar-refractivity contribution in [2.45, 2.75) is 64.5 Å². The van der Waals surface area contributed by atoms with Crippen LogP contribution in [-0.2, 0) is 4.74 Å². The number of rotatable bonds is 8. The first-order valence-corrected chi connectivity index (χ1v) is 10.8. The van der Waals surface area contributed by atoms with Gasteiger partial charge in [-0.05, 0) is 33.7 Å². The van der Waals surface area contributed by atoms with E-state index in [1.807, 2.05) is 0 Å². The first-order valence-electron chi connectivity index (χ1n) is 10.8. The minimum absolute atomic E-state index is 0.469. The predicted octanol–water partition coefficient (Wildman–Crippen LogP) is 1.92. The number of ether oxygens (including phenoxy) is 1. The monoisotopic (exact) mass is 367 g/mol. The van der Waals surface area contributed by atoms with Gasteiger partial charge in [0.2, 0.25) is 0 Å². The highest BCUT2D eigenvalue weighted by atomic mass is 16.5. The maximum atomic E-state index is 6.06. The van der Waals surface area contributed by atoms with E-state index >= 15 is 0 Å². The highest BCUT2D eigenvalue weighted by Crippen LogP contribution is 2.19. The van der Waals surface area contributed by atoms with E-state index in [1.54, 1.807) is 0 Å². The SMILES string of the molecule is CCNC(=NCC(C)N1CCN(C)CC1)NCCOC1CCCCCC1. The second kappa shape index (κ2) is 12.5. The Kier molecular flexibility index (Phi) is 10.3. The van der Waals surface area contributed by atoms with Crippen LogP contribution in [0.15, 0.2) is 4.99 Å². The van der Waals surface area contributed by atoms with E-state index in [9.17, 15) is 0 Å². The molecule has 2 aliphatic rings. The number of hydrogen-bond acceptors (Lipinski definition) is 4. The Morgan fingerprint density at radius 3 is 2.42 bits per heavy atom. The molecule has 1 unspecified atom stereocenters. The second-order valence-electron chi connectivity index (χ2n) is 7.82. The first kappa shape index (κ1) is 21.5. The topological polar surface area (TPSA) is 52.1 Å². The third-order valence-corrected chi connectivity index (χ3v) is 5.57. The molecule has 0 radical (unpaired) electrons. The first-order chi connectivity index (χ1) is 12.7. The van der Waals surface area contributed by atoms with E-state index < -0.39 is 0 Å². The Morgan fingerprint density at radius 1 is 1.08 bits per heavy atom. The molecule has 0 aromatic rings. The maximum Gasteiger partial charge on any atom is 0.191 e. The molecule has 1 aliphatic carbocycles. The number of nitrogens with zero attached hydrogens (tertiary/aromatic N) is 3. The van der Waals surface area contributed by atoms with E-state index in [0.29, 0.717) is 12.1 Å². The predicted molar refractivity (Wildman–Crippen MR) is 110 cm³/mol. The van der Waals surface area contributed by atoms with Crippen molar-refractivity contribution in [1.82, 2.24) is 20.4 Å². The zero-order chi connectivity index (χ0) is 18.6. The number of piperazine rings is 1. The van der Waals surface area contributed by atoms with Crippen LogP contribution in [0.4, 0.5) is 0 Å². The van der Waals surface area contributed by atoms with E-state index in [0.717, 1.165) is 58.4 Å². The van der Waals surface area contributed by atoms with Crippen molar-refractivity contribution in [3.63, 3.8) is 0 Å². The Morgan fingerprint density at radius 2 is 1.77 bits per heavy atom. The van der Waals surface area contributed by atoms with Gasteiger partial charge in [-0.1, -0.05) is 25.7 Å². The fraction of sp³-hybridized carbons (Fsp3) is 0.950. The van der Waals surface area contributed by atoms with Gasteiger partial charge in [0, 0.05) is 45.3 Å². The average Bonchev–Trinajstić information content (AvgIpc) is 2.92. The molecule has 6 nitrogen and oxygen atoms in total. The van der Waals surface area contributed by atoms with Gasteiger partial charge >= 0.3 is 0 Å². The lowest BCUT2D eigenvalue weighted by Crippen LogP contribution is -2.49. The number of guanidine groups is 1. The molecule has 0 aromatic heterocycles. The molecule has 2 rings (SSSR count). The van der Waals surface area contributed by atoms with Gasteiger partial charge in [-0.15, -0.1) is 0 Å². The normalized spacial score (nSPS) is 22.8. The second-order valence-corrected chi connectivity index (χ2v) is 7.82. The van der Waals surface area contributed by atoms with Gasteiger partial charge in [-0.25, -0.2) is 0 Å². The summed E-state index contributed by atoms with van der Waals surface area (Å²) in [4.78, 5) is 9.73. The van der Waals surface area contributed by atoms with Crippen molar-refractivity contribution in [3.05, 3.63) is 0 Å². The zero-order valence-electron chi connectivity index (χ0n) is 17.3. The largest absolute Gasteiger partial charge is 0.376 e. The number of likely N-dealkylation sites (N-methyl/N-ethyl adjacent to an activating group) is 1. The molecular formula is C20H41N5O. The lowest BCUT2D eigenvalue weighted by atomic mass is 10.1. The van der Waals surface area contributed by atoms with Crippen molar-refractivity contribution in [2.24, 2.45) is 4.99 Å². The van der Waals surface area contributed by atoms with Crippen LogP contribution in [0.3, 0.4) is 0 Å². The number of aliphatic imine (C=N–C) groups is 1. The Balaban J connectivity index is 1.66. The van der Waals surface area contributed by atoms with Gasteiger partial charge < -0.3 is 20.3 Å². The van der Waals surface area contributed by atoms with E-state index in [-0.39, 0.29) is 0 Å². The molecule has 0 aromatic carbocycles. The Labute approximate surface area is 160 Å².